The van der Waals surface area contributed by atoms with Crippen molar-refractivity contribution in [3.05, 3.63) is 47.9 Å². The van der Waals surface area contributed by atoms with Crippen LogP contribution in [0.5, 0.6) is 11.5 Å². The molecule has 28 heavy (non-hydrogen) atoms. The summed E-state index contributed by atoms with van der Waals surface area (Å²) in [6.45, 7) is 5.82. The van der Waals surface area contributed by atoms with E-state index in [1.807, 2.05) is 45.0 Å². The van der Waals surface area contributed by atoms with Crippen LogP contribution >= 0.6 is 0 Å². The van der Waals surface area contributed by atoms with Crippen molar-refractivity contribution in [2.45, 2.75) is 38.8 Å². The van der Waals surface area contributed by atoms with E-state index in [1.165, 1.54) is 0 Å². The van der Waals surface area contributed by atoms with Gasteiger partial charge in [0.05, 0.1) is 18.8 Å². The highest BCUT2D eigenvalue weighted by Crippen LogP contribution is 2.41. The quantitative estimate of drug-likeness (QED) is 0.725. The fourth-order valence-electron chi connectivity index (χ4n) is 3.51. The molecule has 8 nitrogen and oxygen atoms in total. The Morgan fingerprint density at radius 2 is 2.18 bits per heavy atom. The predicted octanol–water partition coefficient (Wildman–Crippen LogP) is 3.47. The Kier molecular flexibility index (Phi) is 4.33. The second-order valence-corrected chi connectivity index (χ2v) is 7.47. The molecule has 3 aromatic rings. The Morgan fingerprint density at radius 3 is 2.96 bits per heavy atom. The van der Waals surface area contributed by atoms with Crippen LogP contribution in [-0.2, 0) is 0 Å². The smallest absolute Gasteiger partial charge is 0.319 e. The van der Waals surface area contributed by atoms with Crippen molar-refractivity contribution in [1.82, 2.24) is 19.9 Å². The van der Waals surface area contributed by atoms with E-state index in [0.29, 0.717) is 29.3 Å². The molecule has 0 aliphatic carbocycles. The van der Waals surface area contributed by atoms with Gasteiger partial charge in [-0.25, -0.2) is 14.3 Å². The molecule has 146 valence electrons. The maximum absolute atomic E-state index is 12.7. The Morgan fingerprint density at radius 1 is 1.36 bits per heavy atom. The largest absolute Gasteiger partial charge is 0.497 e. The number of fused-ring (bicyclic) bond motifs is 2. The number of urea groups is 1. The van der Waals surface area contributed by atoms with Gasteiger partial charge in [0, 0.05) is 24.2 Å². The molecule has 0 fully saturated rings. The first-order valence-electron chi connectivity index (χ1n) is 9.11. The summed E-state index contributed by atoms with van der Waals surface area (Å²) >= 11 is 0. The van der Waals surface area contributed by atoms with Gasteiger partial charge in [-0.05, 0) is 45.0 Å². The zero-order valence-electron chi connectivity index (χ0n) is 16.3. The van der Waals surface area contributed by atoms with E-state index in [9.17, 15) is 4.79 Å². The third-order valence-corrected chi connectivity index (χ3v) is 4.70. The Balaban J connectivity index is 1.57. The fourth-order valence-corrected chi connectivity index (χ4v) is 3.51. The first kappa shape index (κ1) is 18.1. The molecule has 4 rings (SSSR count). The highest BCUT2D eigenvalue weighted by Gasteiger charge is 2.35. The maximum atomic E-state index is 12.7. The Bertz CT molecular complexity index is 1040. The number of hydrogen-bond acceptors (Lipinski definition) is 5. The number of nitrogens with one attached hydrogen (secondary N) is 2. The normalized spacial score (nSPS) is 17.5. The van der Waals surface area contributed by atoms with Gasteiger partial charge in [0.25, 0.3) is 0 Å². The molecule has 8 heteroatoms. The van der Waals surface area contributed by atoms with E-state index in [-0.39, 0.29) is 12.1 Å². The van der Waals surface area contributed by atoms with Gasteiger partial charge in [-0.2, -0.15) is 5.10 Å². The van der Waals surface area contributed by atoms with Gasteiger partial charge in [0.15, 0.2) is 5.65 Å². The second kappa shape index (κ2) is 6.70. The number of anilines is 1. The van der Waals surface area contributed by atoms with Gasteiger partial charge in [0.2, 0.25) is 0 Å². The van der Waals surface area contributed by atoms with Crippen molar-refractivity contribution >= 4 is 17.4 Å². The standard InChI is InChI=1S/C20H23N5O3/c1-12-21-18-15(6-5-9-25(18)24-12)22-19(26)23-16-11-20(2,3)28-17-10-13(27-4)7-8-14(16)17/h5-10,16H,11H2,1-4H3,(H2,22,23,26)/t16-/m0/s1. The van der Waals surface area contributed by atoms with Crippen LogP contribution in [0.4, 0.5) is 10.5 Å². The SMILES string of the molecule is COc1ccc2c(c1)OC(C)(C)C[C@@H]2NC(=O)Nc1cccn2nc(C)nc12. The van der Waals surface area contributed by atoms with Crippen molar-refractivity contribution in [1.29, 1.82) is 0 Å². The molecule has 1 aliphatic rings. The summed E-state index contributed by atoms with van der Waals surface area (Å²) in [7, 11) is 1.62. The molecule has 0 radical (unpaired) electrons. The fraction of sp³-hybridized carbons (Fsp3) is 0.350. The van der Waals surface area contributed by atoms with Crippen LogP contribution in [0, 0.1) is 6.92 Å². The molecule has 2 amide bonds. The lowest BCUT2D eigenvalue weighted by Crippen LogP contribution is -2.42. The van der Waals surface area contributed by atoms with E-state index in [1.54, 1.807) is 23.9 Å². The summed E-state index contributed by atoms with van der Waals surface area (Å²) in [5.74, 6) is 2.08. The number of rotatable bonds is 3. The number of carbonyl (C=O) groups is 1. The van der Waals surface area contributed by atoms with Crippen LogP contribution in [0.15, 0.2) is 36.5 Å². The van der Waals surface area contributed by atoms with E-state index in [2.05, 4.69) is 20.7 Å². The van der Waals surface area contributed by atoms with Gasteiger partial charge in [0.1, 0.15) is 22.9 Å². The van der Waals surface area contributed by atoms with Crippen LogP contribution < -0.4 is 20.1 Å². The third kappa shape index (κ3) is 3.45. The lowest BCUT2D eigenvalue weighted by Gasteiger charge is -2.38. The van der Waals surface area contributed by atoms with Crippen molar-refractivity contribution in [3.8, 4) is 11.5 Å². The number of aryl methyl sites for hydroxylation is 1. The summed E-state index contributed by atoms with van der Waals surface area (Å²) in [6, 6.07) is 8.76. The number of methoxy groups -OCH3 is 1. The molecule has 3 heterocycles. The first-order chi connectivity index (χ1) is 13.3. The number of nitrogens with zero attached hydrogens (tertiary/aromatic N) is 3. The third-order valence-electron chi connectivity index (χ3n) is 4.70. The maximum Gasteiger partial charge on any atom is 0.319 e. The van der Waals surface area contributed by atoms with Crippen molar-refractivity contribution in [3.63, 3.8) is 0 Å². The minimum atomic E-state index is -0.415. The molecule has 2 aromatic heterocycles. The first-order valence-corrected chi connectivity index (χ1v) is 9.11. The van der Waals surface area contributed by atoms with Crippen LogP contribution in [0.2, 0.25) is 0 Å². The zero-order chi connectivity index (χ0) is 19.9. The molecule has 0 saturated carbocycles. The predicted molar refractivity (Wildman–Crippen MR) is 105 cm³/mol. The molecule has 2 N–H and O–H groups in total. The summed E-state index contributed by atoms with van der Waals surface area (Å²) in [5.41, 5.74) is 1.71. The zero-order valence-corrected chi connectivity index (χ0v) is 16.3. The molecular formula is C20H23N5O3. The number of amides is 2. The van der Waals surface area contributed by atoms with E-state index >= 15 is 0 Å². The van der Waals surface area contributed by atoms with E-state index in [0.717, 1.165) is 11.3 Å². The van der Waals surface area contributed by atoms with Crippen molar-refractivity contribution < 1.29 is 14.3 Å². The molecule has 1 aromatic carbocycles. The number of ether oxygens (including phenoxy) is 2. The highest BCUT2D eigenvalue weighted by atomic mass is 16.5. The van der Waals surface area contributed by atoms with E-state index < -0.39 is 5.60 Å². The molecule has 0 saturated heterocycles. The number of carbonyl (C=O) groups excluding carboxylic acids is 1. The van der Waals surface area contributed by atoms with Gasteiger partial charge in [-0.3, -0.25) is 0 Å². The molecule has 1 atom stereocenters. The minimum absolute atomic E-state index is 0.191. The van der Waals surface area contributed by atoms with Crippen molar-refractivity contribution in [2.24, 2.45) is 0 Å². The van der Waals surface area contributed by atoms with Gasteiger partial charge in [-0.1, -0.05) is 0 Å². The molecule has 0 bridgehead atoms. The minimum Gasteiger partial charge on any atom is -0.497 e. The number of pyridine rings is 1. The topological polar surface area (TPSA) is 89.8 Å². The molecule has 0 spiro atoms. The lowest BCUT2D eigenvalue weighted by molar-refractivity contribution is 0.0679. The average molecular weight is 381 g/mol. The lowest BCUT2D eigenvalue weighted by atomic mass is 9.89. The highest BCUT2D eigenvalue weighted by molar-refractivity contribution is 5.93. The van der Waals surface area contributed by atoms with Crippen LogP contribution in [0.1, 0.15) is 37.7 Å². The van der Waals surface area contributed by atoms with Gasteiger partial charge < -0.3 is 20.1 Å². The summed E-state index contributed by atoms with van der Waals surface area (Å²) in [5, 5.41) is 10.2. The van der Waals surface area contributed by atoms with Crippen LogP contribution in [0.3, 0.4) is 0 Å². The Hall–Kier alpha value is -3.29. The summed E-state index contributed by atoms with van der Waals surface area (Å²) in [4.78, 5) is 17.1. The second-order valence-electron chi connectivity index (χ2n) is 7.47. The van der Waals surface area contributed by atoms with Crippen molar-refractivity contribution in [2.75, 3.05) is 12.4 Å². The molecule has 0 unspecified atom stereocenters. The number of aromatic nitrogens is 3. The van der Waals surface area contributed by atoms with Gasteiger partial charge >= 0.3 is 6.03 Å². The average Bonchev–Trinajstić information content (AvgIpc) is 3.01. The number of hydrogen-bond donors (Lipinski definition) is 2. The molecular weight excluding hydrogens is 358 g/mol. The van der Waals surface area contributed by atoms with Crippen LogP contribution in [-0.4, -0.2) is 33.3 Å². The van der Waals surface area contributed by atoms with Crippen LogP contribution in [0.25, 0.3) is 5.65 Å². The number of benzene rings is 1. The molecule has 1 aliphatic heterocycles. The monoisotopic (exact) mass is 381 g/mol. The Labute approximate surface area is 162 Å². The summed E-state index contributed by atoms with van der Waals surface area (Å²) in [6.07, 6.45) is 2.44. The van der Waals surface area contributed by atoms with Gasteiger partial charge in [-0.15, -0.1) is 0 Å². The van der Waals surface area contributed by atoms with E-state index in [4.69, 9.17) is 9.47 Å². The summed E-state index contributed by atoms with van der Waals surface area (Å²) < 4.78 is 13.0.